The van der Waals surface area contributed by atoms with E-state index in [4.69, 9.17) is 9.47 Å². The quantitative estimate of drug-likeness (QED) is 0.611. The Morgan fingerprint density at radius 2 is 2.24 bits per heavy atom. The number of morpholine rings is 1. The lowest BCUT2D eigenvalue weighted by molar-refractivity contribution is -0.0283. The SMILES string of the molecule is CCOC(=O)c1nc(C2CN(CC)CCO2)sc1C(C)=O. The maximum absolute atomic E-state index is 11.9. The Morgan fingerprint density at radius 1 is 1.48 bits per heavy atom. The first-order valence-electron chi connectivity index (χ1n) is 7.09. The zero-order chi connectivity index (χ0) is 15.4. The third-order valence-electron chi connectivity index (χ3n) is 3.31. The molecular weight excluding hydrogens is 292 g/mol. The van der Waals surface area contributed by atoms with Crippen LogP contribution in [0.3, 0.4) is 0 Å². The Labute approximate surface area is 128 Å². The summed E-state index contributed by atoms with van der Waals surface area (Å²) >= 11 is 1.23. The lowest BCUT2D eigenvalue weighted by atomic mass is 10.2. The average Bonchev–Trinajstić information content (AvgIpc) is 2.93. The number of hydrogen-bond donors (Lipinski definition) is 0. The lowest BCUT2D eigenvalue weighted by Gasteiger charge is -2.30. The number of thiazole rings is 1. The molecule has 1 fully saturated rings. The van der Waals surface area contributed by atoms with E-state index in [1.807, 2.05) is 0 Å². The fourth-order valence-electron chi connectivity index (χ4n) is 2.19. The van der Waals surface area contributed by atoms with E-state index < -0.39 is 5.97 Å². The van der Waals surface area contributed by atoms with Gasteiger partial charge in [-0.1, -0.05) is 6.92 Å². The zero-order valence-corrected chi connectivity index (χ0v) is 13.4. The van der Waals surface area contributed by atoms with E-state index in [0.717, 1.165) is 19.6 Å². The molecule has 1 unspecified atom stereocenters. The molecule has 1 aromatic heterocycles. The summed E-state index contributed by atoms with van der Waals surface area (Å²) in [4.78, 5) is 30.5. The predicted octanol–water partition coefficient (Wildman–Crippen LogP) is 1.92. The van der Waals surface area contributed by atoms with E-state index in [1.54, 1.807) is 6.92 Å². The van der Waals surface area contributed by atoms with Crippen LogP contribution in [0.4, 0.5) is 0 Å². The highest BCUT2D eigenvalue weighted by Crippen LogP contribution is 2.29. The van der Waals surface area contributed by atoms with Crippen LogP contribution in [0.1, 0.15) is 52.0 Å². The third-order valence-corrected chi connectivity index (χ3v) is 4.55. The molecule has 6 nitrogen and oxygen atoms in total. The molecule has 0 saturated carbocycles. The van der Waals surface area contributed by atoms with E-state index in [0.29, 0.717) is 16.5 Å². The second kappa shape index (κ2) is 7.11. The fourth-order valence-corrected chi connectivity index (χ4v) is 3.18. The topological polar surface area (TPSA) is 68.7 Å². The molecule has 1 aliphatic rings. The summed E-state index contributed by atoms with van der Waals surface area (Å²) in [5.74, 6) is -0.724. The van der Waals surface area contributed by atoms with Crippen LogP contribution in [0.2, 0.25) is 0 Å². The van der Waals surface area contributed by atoms with Gasteiger partial charge in [0.25, 0.3) is 0 Å². The molecule has 1 aromatic rings. The van der Waals surface area contributed by atoms with Gasteiger partial charge in [-0.15, -0.1) is 11.3 Å². The van der Waals surface area contributed by atoms with Crippen molar-refractivity contribution in [3.63, 3.8) is 0 Å². The Balaban J connectivity index is 2.26. The summed E-state index contributed by atoms with van der Waals surface area (Å²) in [6.07, 6.45) is -0.190. The Hall–Kier alpha value is -1.31. The molecule has 2 heterocycles. The van der Waals surface area contributed by atoms with E-state index in [-0.39, 0.29) is 24.2 Å². The van der Waals surface area contributed by atoms with Crippen LogP contribution in [-0.2, 0) is 9.47 Å². The van der Waals surface area contributed by atoms with Crippen molar-refractivity contribution in [2.75, 3.05) is 32.8 Å². The molecule has 1 saturated heterocycles. The molecule has 1 atom stereocenters. The van der Waals surface area contributed by atoms with Gasteiger partial charge in [0, 0.05) is 20.0 Å². The van der Waals surface area contributed by atoms with Gasteiger partial charge in [0.1, 0.15) is 16.0 Å². The first-order chi connectivity index (χ1) is 10.1. The molecule has 0 aliphatic carbocycles. The Bertz CT molecular complexity index is 529. The van der Waals surface area contributed by atoms with Crippen molar-refractivity contribution in [1.82, 2.24) is 9.88 Å². The van der Waals surface area contributed by atoms with Crippen molar-refractivity contribution in [3.8, 4) is 0 Å². The number of rotatable bonds is 5. The molecule has 0 bridgehead atoms. The number of Topliss-reactive ketones (excluding diaryl/α,β-unsaturated/α-hetero) is 1. The summed E-state index contributed by atoms with van der Waals surface area (Å²) < 4.78 is 10.7. The minimum atomic E-state index is -0.548. The van der Waals surface area contributed by atoms with Gasteiger partial charge in [0.2, 0.25) is 0 Å². The summed E-state index contributed by atoms with van der Waals surface area (Å²) in [5.41, 5.74) is 0.113. The van der Waals surface area contributed by atoms with Crippen molar-refractivity contribution < 1.29 is 19.1 Å². The van der Waals surface area contributed by atoms with Gasteiger partial charge >= 0.3 is 5.97 Å². The molecule has 0 spiro atoms. The standard InChI is InChI=1S/C14H20N2O4S/c1-4-16-6-7-20-10(8-16)13-15-11(14(18)19-5-2)12(21-13)9(3)17/h10H,4-8H2,1-3H3. The highest BCUT2D eigenvalue weighted by Gasteiger charge is 2.29. The average molecular weight is 312 g/mol. The second-order valence-electron chi connectivity index (χ2n) is 4.76. The largest absolute Gasteiger partial charge is 0.461 e. The van der Waals surface area contributed by atoms with Gasteiger partial charge in [-0.2, -0.15) is 0 Å². The Kier molecular flexibility index (Phi) is 5.44. The van der Waals surface area contributed by atoms with E-state index in [1.165, 1.54) is 18.3 Å². The first kappa shape index (κ1) is 16.1. The second-order valence-corrected chi connectivity index (χ2v) is 5.79. The zero-order valence-electron chi connectivity index (χ0n) is 12.5. The number of hydrogen-bond acceptors (Lipinski definition) is 7. The fraction of sp³-hybridized carbons (Fsp3) is 0.643. The molecule has 21 heavy (non-hydrogen) atoms. The van der Waals surface area contributed by atoms with Gasteiger partial charge < -0.3 is 9.47 Å². The molecule has 0 radical (unpaired) electrons. The molecule has 7 heteroatoms. The van der Waals surface area contributed by atoms with Crippen molar-refractivity contribution in [1.29, 1.82) is 0 Å². The van der Waals surface area contributed by atoms with Gasteiger partial charge in [0.15, 0.2) is 11.5 Å². The number of ketones is 1. The molecule has 0 amide bonds. The van der Waals surface area contributed by atoms with Crippen LogP contribution in [0.25, 0.3) is 0 Å². The van der Waals surface area contributed by atoms with E-state index >= 15 is 0 Å². The molecule has 116 valence electrons. The summed E-state index contributed by atoms with van der Waals surface area (Å²) in [6, 6.07) is 0. The van der Waals surface area contributed by atoms with Gasteiger partial charge in [0.05, 0.1) is 13.2 Å². The first-order valence-corrected chi connectivity index (χ1v) is 7.91. The van der Waals surface area contributed by atoms with Crippen molar-refractivity contribution in [3.05, 3.63) is 15.6 Å². The number of likely N-dealkylation sites (N-methyl/N-ethyl adjacent to an activating group) is 1. The van der Waals surface area contributed by atoms with Gasteiger partial charge in [-0.05, 0) is 13.5 Å². The maximum atomic E-state index is 11.9. The molecule has 0 aromatic carbocycles. The molecular formula is C14H20N2O4S. The predicted molar refractivity (Wildman–Crippen MR) is 78.9 cm³/mol. The summed E-state index contributed by atoms with van der Waals surface area (Å²) in [6.45, 7) is 8.69. The van der Waals surface area contributed by atoms with E-state index in [2.05, 4.69) is 16.8 Å². The van der Waals surface area contributed by atoms with Crippen LogP contribution in [0.5, 0.6) is 0 Å². The van der Waals surface area contributed by atoms with Crippen LogP contribution in [0.15, 0.2) is 0 Å². The minimum absolute atomic E-state index is 0.113. The molecule has 1 aliphatic heterocycles. The number of ether oxygens (including phenoxy) is 2. The lowest BCUT2D eigenvalue weighted by Crippen LogP contribution is -2.38. The minimum Gasteiger partial charge on any atom is -0.461 e. The third kappa shape index (κ3) is 3.66. The van der Waals surface area contributed by atoms with Crippen LogP contribution < -0.4 is 0 Å². The van der Waals surface area contributed by atoms with Crippen molar-refractivity contribution in [2.24, 2.45) is 0 Å². The smallest absolute Gasteiger partial charge is 0.358 e. The number of carbonyl (C=O) groups is 2. The van der Waals surface area contributed by atoms with Crippen LogP contribution >= 0.6 is 11.3 Å². The summed E-state index contributed by atoms with van der Waals surface area (Å²) in [7, 11) is 0. The highest BCUT2D eigenvalue weighted by molar-refractivity contribution is 7.14. The van der Waals surface area contributed by atoms with Crippen molar-refractivity contribution in [2.45, 2.75) is 26.9 Å². The van der Waals surface area contributed by atoms with Crippen LogP contribution in [0, 0.1) is 0 Å². The normalized spacial score (nSPS) is 19.5. The van der Waals surface area contributed by atoms with Crippen LogP contribution in [-0.4, -0.2) is 54.5 Å². The number of aromatic nitrogens is 1. The number of carbonyl (C=O) groups excluding carboxylic acids is 2. The summed E-state index contributed by atoms with van der Waals surface area (Å²) in [5, 5.41) is 0.668. The van der Waals surface area contributed by atoms with Crippen molar-refractivity contribution >= 4 is 23.1 Å². The van der Waals surface area contributed by atoms with E-state index in [9.17, 15) is 9.59 Å². The van der Waals surface area contributed by atoms with Gasteiger partial charge in [-0.3, -0.25) is 9.69 Å². The molecule has 0 N–H and O–H groups in total. The Morgan fingerprint density at radius 3 is 2.86 bits per heavy atom. The number of esters is 1. The highest BCUT2D eigenvalue weighted by atomic mass is 32.1. The van der Waals surface area contributed by atoms with Gasteiger partial charge in [-0.25, -0.2) is 9.78 Å². The maximum Gasteiger partial charge on any atom is 0.358 e. The monoisotopic (exact) mass is 312 g/mol. The number of nitrogens with zero attached hydrogens (tertiary/aromatic N) is 2. The molecule has 2 rings (SSSR count).